The molecule has 0 saturated heterocycles. The van der Waals surface area contributed by atoms with Crippen molar-refractivity contribution in [1.82, 2.24) is 20.2 Å². The van der Waals surface area contributed by atoms with E-state index in [2.05, 4.69) is 20.2 Å². The maximum absolute atomic E-state index is 5.78. The van der Waals surface area contributed by atoms with E-state index in [4.69, 9.17) is 8.83 Å². The largest absolute Gasteiger partial charge is 0.441 e. The van der Waals surface area contributed by atoms with E-state index in [-0.39, 0.29) is 0 Å². The van der Waals surface area contributed by atoms with E-state index in [1.54, 1.807) is 11.3 Å². The second kappa shape index (κ2) is 7.43. The van der Waals surface area contributed by atoms with Crippen molar-refractivity contribution in [2.45, 2.75) is 31.2 Å². The van der Waals surface area contributed by atoms with E-state index in [0.717, 1.165) is 27.7 Å². The number of hydrogen-bond donors (Lipinski definition) is 0. The van der Waals surface area contributed by atoms with Gasteiger partial charge in [-0.05, 0) is 26.0 Å². The first-order chi connectivity index (χ1) is 12.7. The topological polar surface area (TPSA) is 77.8 Å². The number of thioether (sulfide) groups is 1. The highest BCUT2D eigenvalue weighted by molar-refractivity contribution is 7.98. The molecule has 0 fully saturated rings. The SMILES string of the molecule is Cc1nc(Cc2nnc(SCc3nc(-c4ccccc4)oc3C)o2)cs1. The number of aryl methyl sites for hydroxylation is 2. The molecular weight excluding hydrogens is 368 g/mol. The molecule has 132 valence electrons. The van der Waals surface area contributed by atoms with Gasteiger partial charge in [-0.3, -0.25) is 0 Å². The fraction of sp³-hybridized carbons (Fsp3) is 0.222. The summed E-state index contributed by atoms with van der Waals surface area (Å²) in [7, 11) is 0. The first-order valence-corrected chi connectivity index (χ1v) is 9.92. The van der Waals surface area contributed by atoms with Gasteiger partial charge in [0.2, 0.25) is 11.8 Å². The van der Waals surface area contributed by atoms with Crippen molar-refractivity contribution in [2.75, 3.05) is 0 Å². The molecule has 0 spiro atoms. The lowest BCUT2D eigenvalue weighted by molar-refractivity contribution is 0.419. The highest BCUT2D eigenvalue weighted by Crippen LogP contribution is 2.27. The summed E-state index contributed by atoms with van der Waals surface area (Å²) >= 11 is 3.07. The zero-order chi connectivity index (χ0) is 17.9. The van der Waals surface area contributed by atoms with E-state index in [1.807, 2.05) is 49.6 Å². The van der Waals surface area contributed by atoms with Gasteiger partial charge in [0.15, 0.2) is 0 Å². The highest BCUT2D eigenvalue weighted by Gasteiger charge is 2.14. The van der Waals surface area contributed by atoms with Crippen LogP contribution >= 0.6 is 23.1 Å². The number of rotatable bonds is 6. The van der Waals surface area contributed by atoms with Crippen LogP contribution in [-0.2, 0) is 12.2 Å². The summed E-state index contributed by atoms with van der Waals surface area (Å²) in [5, 5.41) is 11.8. The third kappa shape index (κ3) is 3.86. The number of thiazole rings is 1. The van der Waals surface area contributed by atoms with E-state index >= 15 is 0 Å². The van der Waals surface area contributed by atoms with Crippen molar-refractivity contribution >= 4 is 23.1 Å². The fourth-order valence-electron chi connectivity index (χ4n) is 2.41. The number of hydrogen-bond acceptors (Lipinski definition) is 8. The third-order valence-electron chi connectivity index (χ3n) is 3.69. The molecule has 0 unspecified atom stereocenters. The van der Waals surface area contributed by atoms with Crippen LogP contribution in [0.4, 0.5) is 0 Å². The first-order valence-electron chi connectivity index (χ1n) is 8.05. The minimum absolute atomic E-state index is 0.524. The smallest absolute Gasteiger partial charge is 0.276 e. The van der Waals surface area contributed by atoms with Gasteiger partial charge >= 0.3 is 0 Å². The molecular formula is C18H16N4O2S2. The van der Waals surface area contributed by atoms with Crippen LogP contribution in [-0.4, -0.2) is 20.2 Å². The Balaban J connectivity index is 1.41. The Hall–Kier alpha value is -2.45. The molecule has 0 N–H and O–H groups in total. The van der Waals surface area contributed by atoms with Crippen molar-refractivity contribution in [3.05, 3.63) is 63.8 Å². The molecule has 8 heteroatoms. The molecule has 26 heavy (non-hydrogen) atoms. The average molecular weight is 384 g/mol. The summed E-state index contributed by atoms with van der Waals surface area (Å²) in [6.45, 7) is 3.90. The molecule has 3 aromatic heterocycles. The van der Waals surface area contributed by atoms with Crippen LogP contribution in [0.5, 0.6) is 0 Å². The van der Waals surface area contributed by atoms with Gasteiger partial charge in [-0.25, -0.2) is 9.97 Å². The van der Waals surface area contributed by atoms with E-state index < -0.39 is 0 Å². The third-order valence-corrected chi connectivity index (χ3v) is 5.35. The maximum atomic E-state index is 5.78. The van der Waals surface area contributed by atoms with Crippen molar-refractivity contribution in [3.8, 4) is 11.5 Å². The Bertz CT molecular complexity index is 1010. The highest BCUT2D eigenvalue weighted by atomic mass is 32.2. The predicted molar refractivity (Wildman–Crippen MR) is 100 cm³/mol. The standard InChI is InChI=1S/C18H16N4O2S2/c1-11-15(20-17(23-11)13-6-4-3-5-7-13)10-26-18-22-21-16(24-18)8-14-9-25-12(2)19-14/h3-7,9H,8,10H2,1-2H3. The van der Waals surface area contributed by atoms with E-state index in [0.29, 0.717) is 29.2 Å². The van der Waals surface area contributed by atoms with Gasteiger partial charge in [0.25, 0.3) is 5.22 Å². The molecule has 0 radical (unpaired) electrons. The number of benzene rings is 1. The minimum Gasteiger partial charge on any atom is -0.441 e. The zero-order valence-electron chi connectivity index (χ0n) is 14.3. The Morgan fingerprint density at radius 3 is 2.65 bits per heavy atom. The molecule has 6 nitrogen and oxygen atoms in total. The van der Waals surface area contributed by atoms with Gasteiger partial charge in [0, 0.05) is 16.7 Å². The monoisotopic (exact) mass is 384 g/mol. The number of oxazole rings is 1. The molecule has 0 aliphatic rings. The van der Waals surface area contributed by atoms with Crippen LogP contribution in [0, 0.1) is 13.8 Å². The van der Waals surface area contributed by atoms with Crippen LogP contribution in [0.15, 0.2) is 49.8 Å². The molecule has 0 amide bonds. The number of aromatic nitrogens is 4. The van der Waals surface area contributed by atoms with Gasteiger partial charge in [-0.15, -0.1) is 21.5 Å². The summed E-state index contributed by atoms with van der Waals surface area (Å²) in [5.41, 5.74) is 2.79. The molecule has 4 aromatic rings. The predicted octanol–water partition coefficient (Wildman–Crippen LogP) is 4.68. The van der Waals surface area contributed by atoms with Crippen LogP contribution < -0.4 is 0 Å². The maximum Gasteiger partial charge on any atom is 0.276 e. The van der Waals surface area contributed by atoms with E-state index in [9.17, 15) is 0 Å². The Kier molecular flexibility index (Phi) is 4.85. The lowest BCUT2D eigenvalue weighted by atomic mass is 10.2. The van der Waals surface area contributed by atoms with Gasteiger partial charge in [-0.2, -0.15) is 0 Å². The van der Waals surface area contributed by atoms with Gasteiger partial charge in [-0.1, -0.05) is 30.0 Å². The second-order valence-corrected chi connectivity index (χ2v) is 7.66. The Morgan fingerprint density at radius 2 is 1.88 bits per heavy atom. The molecule has 1 aromatic carbocycles. The summed E-state index contributed by atoms with van der Waals surface area (Å²) in [4.78, 5) is 9.00. The van der Waals surface area contributed by atoms with Gasteiger partial charge < -0.3 is 8.83 Å². The summed E-state index contributed by atoms with van der Waals surface area (Å²) in [6, 6.07) is 9.86. The average Bonchev–Trinajstić information content (AvgIpc) is 3.35. The van der Waals surface area contributed by atoms with Crippen LogP contribution in [0.25, 0.3) is 11.5 Å². The van der Waals surface area contributed by atoms with Crippen LogP contribution in [0.1, 0.15) is 28.0 Å². The molecule has 0 aliphatic carbocycles. The minimum atomic E-state index is 0.524. The van der Waals surface area contributed by atoms with Gasteiger partial charge in [0.05, 0.1) is 22.8 Å². The Morgan fingerprint density at radius 1 is 1.04 bits per heavy atom. The normalized spacial score (nSPS) is 11.2. The number of nitrogens with zero attached hydrogens (tertiary/aromatic N) is 4. The van der Waals surface area contributed by atoms with Gasteiger partial charge in [0.1, 0.15) is 5.76 Å². The molecule has 0 bridgehead atoms. The summed E-state index contributed by atoms with van der Waals surface area (Å²) in [5.74, 6) is 2.61. The lowest BCUT2D eigenvalue weighted by Gasteiger charge is -1.93. The molecule has 0 saturated carbocycles. The Labute approximate surface area is 158 Å². The fourth-order valence-corrected chi connectivity index (χ4v) is 3.80. The van der Waals surface area contributed by atoms with Crippen LogP contribution in [0.3, 0.4) is 0 Å². The lowest BCUT2D eigenvalue weighted by Crippen LogP contribution is -1.88. The second-order valence-electron chi connectivity index (χ2n) is 5.67. The van der Waals surface area contributed by atoms with E-state index in [1.165, 1.54) is 11.8 Å². The molecule has 4 rings (SSSR count). The summed E-state index contributed by atoms with van der Waals surface area (Å²) < 4.78 is 11.5. The van der Waals surface area contributed by atoms with Crippen LogP contribution in [0.2, 0.25) is 0 Å². The molecule has 0 aliphatic heterocycles. The zero-order valence-corrected chi connectivity index (χ0v) is 15.9. The molecule has 0 atom stereocenters. The van der Waals surface area contributed by atoms with Crippen molar-refractivity contribution in [2.24, 2.45) is 0 Å². The molecule has 3 heterocycles. The first kappa shape index (κ1) is 17.0. The quantitative estimate of drug-likeness (QED) is 0.447. The van der Waals surface area contributed by atoms with Crippen molar-refractivity contribution in [3.63, 3.8) is 0 Å². The van der Waals surface area contributed by atoms with Crippen molar-refractivity contribution in [1.29, 1.82) is 0 Å². The summed E-state index contributed by atoms with van der Waals surface area (Å²) in [6.07, 6.45) is 0.555. The van der Waals surface area contributed by atoms with Crippen molar-refractivity contribution < 1.29 is 8.83 Å².